The molecule has 2 aromatic rings. The van der Waals surface area contributed by atoms with Crippen LogP contribution >= 0.6 is 23.8 Å². The predicted octanol–water partition coefficient (Wildman–Crippen LogP) is 5.19. The minimum absolute atomic E-state index is 0.0865. The van der Waals surface area contributed by atoms with Gasteiger partial charge in [-0.1, -0.05) is 35.9 Å². The second-order valence-electron chi connectivity index (χ2n) is 5.78. The molecule has 23 heavy (non-hydrogen) atoms. The predicted molar refractivity (Wildman–Crippen MR) is 97.5 cm³/mol. The SMILES string of the molecule is CN(C(=S)Nc1ccc(F)c(Cl)c1)[C@H]1CCCc2ccccc21. The van der Waals surface area contributed by atoms with E-state index in [-0.39, 0.29) is 11.1 Å². The molecule has 0 bridgehead atoms. The maximum atomic E-state index is 13.2. The van der Waals surface area contributed by atoms with Crippen LogP contribution in [0.1, 0.15) is 30.0 Å². The molecular weight excluding hydrogens is 331 g/mol. The molecule has 0 radical (unpaired) electrons. The lowest BCUT2D eigenvalue weighted by Crippen LogP contribution is -2.36. The molecule has 1 atom stereocenters. The van der Waals surface area contributed by atoms with Gasteiger partial charge in [0.1, 0.15) is 5.82 Å². The number of aryl methyl sites for hydroxylation is 1. The number of hydrogen-bond acceptors (Lipinski definition) is 1. The zero-order valence-electron chi connectivity index (χ0n) is 12.9. The molecule has 2 aromatic carbocycles. The van der Waals surface area contributed by atoms with Crippen LogP contribution < -0.4 is 5.32 Å². The molecule has 5 heteroatoms. The van der Waals surface area contributed by atoms with Crippen molar-refractivity contribution in [2.75, 3.05) is 12.4 Å². The Kier molecular flexibility index (Phi) is 4.83. The minimum Gasteiger partial charge on any atom is -0.345 e. The van der Waals surface area contributed by atoms with Gasteiger partial charge in [0, 0.05) is 12.7 Å². The third-order valence-corrected chi connectivity index (χ3v) is 4.98. The molecule has 1 aliphatic carbocycles. The molecule has 0 saturated heterocycles. The number of thiocarbonyl (C=S) groups is 1. The Morgan fingerprint density at radius 2 is 2.09 bits per heavy atom. The summed E-state index contributed by atoms with van der Waals surface area (Å²) < 4.78 is 13.2. The van der Waals surface area contributed by atoms with E-state index in [1.54, 1.807) is 12.1 Å². The van der Waals surface area contributed by atoms with Crippen LogP contribution in [0.15, 0.2) is 42.5 Å². The first-order chi connectivity index (χ1) is 11.1. The van der Waals surface area contributed by atoms with Crippen LogP contribution in [0.2, 0.25) is 5.02 Å². The van der Waals surface area contributed by atoms with Gasteiger partial charge in [0.15, 0.2) is 5.11 Å². The Morgan fingerprint density at radius 3 is 2.87 bits per heavy atom. The second kappa shape index (κ2) is 6.85. The Morgan fingerprint density at radius 1 is 1.30 bits per heavy atom. The average Bonchev–Trinajstić information content (AvgIpc) is 2.57. The van der Waals surface area contributed by atoms with Crippen LogP contribution in [-0.2, 0) is 6.42 Å². The van der Waals surface area contributed by atoms with Crippen molar-refractivity contribution < 1.29 is 4.39 Å². The molecule has 1 aliphatic rings. The summed E-state index contributed by atoms with van der Waals surface area (Å²) in [6.07, 6.45) is 3.34. The van der Waals surface area contributed by atoms with Crippen molar-refractivity contribution in [3.8, 4) is 0 Å². The summed E-state index contributed by atoms with van der Waals surface area (Å²) in [4.78, 5) is 2.07. The van der Waals surface area contributed by atoms with Gasteiger partial charge in [0.2, 0.25) is 0 Å². The monoisotopic (exact) mass is 348 g/mol. The van der Waals surface area contributed by atoms with E-state index in [4.69, 9.17) is 23.8 Å². The molecule has 3 rings (SSSR count). The highest BCUT2D eigenvalue weighted by molar-refractivity contribution is 7.80. The molecule has 0 aliphatic heterocycles. The maximum Gasteiger partial charge on any atom is 0.173 e. The number of rotatable bonds is 2. The van der Waals surface area contributed by atoms with Gasteiger partial charge < -0.3 is 10.2 Å². The minimum atomic E-state index is -0.433. The number of hydrogen-bond donors (Lipinski definition) is 1. The average molecular weight is 349 g/mol. The van der Waals surface area contributed by atoms with E-state index < -0.39 is 5.82 Å². The fourth-order valence-electron chi connectivity index (χ4n) is 3.06. The fraction of sp³-hybridized carbons (Fsp3) is 0.278. The van der Waals surface area contributed by atoms with E-state index in [9.17, 15) is 4.39 Å². The zero-order valence-corrected chi connectivity index (χ0v) is 14.4. The summed E-state index contributed by atoms with van der Waals surface area (Å²) in [7, 11) is 1.99. The van der Waals surface area contributed by atoms with E-state index in [0.29, 0.717) is 10.8 Å². The smallest absolute Gasteiger partial charge is 0.173 e. The quantitative estimate of drug-likeness (QED) is 0.752. The van der Waals surface area contributed by atoms with Crippen LogP contribution in [0.3, 0.4) is 0 Å². The van der Waals surface area contributed by atoms with Crippen molar-refractivity contribution in [1.82, 2.24) is 4.90 Å². The largest absolute Gasteiger partial charge is 0.345 e. The summed E-state index contributed by atoms with van der Waals surface area (Å²) in [5.41, 5.74) is 3.42. The van der Waals surface area contributed by atoms with Gasteiger partial charge in [0.05, 0.1) is 11.1 Å². The van der Waals surface area contributed by atoms with Crippen molar-refractivity contribution in [2.24, 2.45) is 0 Å². The Labute approximate surface area is 146 Å². The van der Waals surface area contributed by atoms with Crippen molar-refractivity contribution in [3.63, 3.8) is 0 Å². The maximum absolute atomic E-state index is 13.2. The topological polar surface area (TPSA) is 15.3 Å². The molecule has 0 amide bonds. The second-order valence-corrected chi connectivity index (χ2v) is 6.57. The molecule has 0 heterocycles. The first kappa shape index (κ1) is 16.2. The lowest BCUT2D eigenvalue weighted by molar-refractivity contribution is 0.336. The third kappa shape index (κ3) is 3.48. The third-order valence-electron chi connectivity index (χ3n) is 4.30. The van der Waals surface area contributed by atoms with Crippen LogP contribution in [0.5, 0.6) is 0 Å². The molecule has 0 unspecified atom stereocenters. The van der Waals surface area contributed by atoms with E-state index in [1.165, 1.54) is 17.2 Å². The highest BCUT2D eigenvalue weighted by Gasteiger charge is 2.24. The number of halogens is 2. The Bertz CT molecular complexity index is 735. The van der Waals surface area contributed by atoms with Gasteiger partial charge in [-0.3, -0.25) is 0 Å². The van der Waals surface area contributed by atoms with Crippen LogP contribution in [-0.4, -0.2) is 17.1 Å². The van der Waals surface area contributed by atoms with Gasteiger partial charge in [-0.25, -0.2) is 4.39 Å². The van der Waals surface area contributed by atoms with Crippen LogP contribution in [0.4, 0.5) is 10.1 Å². The number of anilines is 1. The lowest BCUT2D eigenvalue weighted by Gasteiger charge is -2.35. The first-order valence-electron chi connectivity index (χ1n) is 7.63. The Hall–Kier alpha value is -1.65. The molecule has 0 spiro atoms. The summed E-state index contributed by atoms with van der Waals surface area (Å²) in [6, 6.07) is 13.3. The van der Waals surface area contributed by atoms with E-state index >= 15 is 0 Å². The molecule has 2 nitrogen and oxygen atoms in total. The molecule has 0 fully saturated rings. The van der Waals surface area contributed by atoms with Gasteiger partial charge >= 0.3 is 0 Å². The normalized spacial score (nSPS) is 16.6. The summed E-state index contributed by atoms with van der Waals surface area (Å²) in [6.45, 7) is 0. The van der Waals surface area contributed by atoms with E-state index in [2.05, 4.69) is 34.5 Å². The van der Waals surface area contributed by atoms with E-state index in [0.717, 1.165) is 19.3 Å². The lowest BCUT2D eigenvalue weighted by atomic mass is 9.87. The summed E-state index contributed by atoms with van der Waals surface area (Å²) >= 11 is 11.3. The van der Waals surface area contributed by atoms with Crippen molar-refractivity contribution in [2.45, 2.75) is 25.3 Å². The van der Waals surface area contributed by atoms with Gasteiger partial charge in [-0.15, -0.1) is 0 Å². The summed E-state index contributed by atoms with van der Waals surface area (Å²) in [5, 5.41) is 3.84. The highest BCUT2D eigenvalue weighted by Crippen LogP contribution is 2.33. The number of nitrogens with zero attached hydrogens (tertiary/aromatic N) is 1. The molecule has 0 saturated carbocycles. The Balaban J connectivity index is 1.76. The number of benzene rings is 2. The molecule has 120 valence electrons. The zero-order chi connectivity index (χ0) is 16.4. The van der Waals surface area contributed by atoms with Gasteiger partial charge in [0.25, 0.3) is 0 Å². The van der Waals surface area contributed by atoms with Crippen LogP contribution in [0, 0.1) is 5.82 Å². The fourth-order valence-corrected chi connectivity index (χ4v) is 3.48. The van der Waals surface area contributed by atoms with Gasteiger partial charge in [-0.2, -0.15) is 0 Å². The van der Waals surface area contributed by atoms with Crippen LogP contribution in [0.25, 0.3) is 0 Å². The van der Waals surface area contributed by atoms with E-state index in [1.807, 2.05) is 7.05 Å². The highest BCUT2D eigenvalue weighted by atomic mass is 35.5. The molecular formula is C18H18ClFN2S. The van der Waals surface area contributed by atoms with Gasteiger partial charge in [-0.05, 0) is 60.8 Å². The molecule has 0 aromatic heterocycles. The molecule has 1 N–H and O–H groups in total. The first-order valence-corrected chi connectivity index (χ1v) is 8.41. The summed E-state index contributed by atoms with van der Waals surface area (Å²) in [5.74, 6) is -0.433. The number of nitrogens with one attached hydrogen (secondary N) is 1. The van der Waals surface area contributed by atoms with Crippen molar-refractivity contribution in [3.05, 3.63) is 64.4 Å². The van der Waals surface area contributed by atoms with Crippen molar-refractivity contribution >= 4 is 34.6 Å². The number of fused-ring (bicyclic) bond motifs is 1. The standard InChI is InChI=1S/C18H18ClFN2S/c1-22(17-8-4-6-12-5-2-3-7-14(12)17)18(23)21-13-9-10-16(20)15(19)11-13/h2-3,5,7,9-11,17H,4,6,8H2,1H3,(H,21,23)/t17-/m0/s1. The van der Waals surface area contributed by atoms with Crippen molar-refractivity contribution in [1.29, 1.82) is 0 Å².